The average Bonchev–Trinajstić information content (AvgIpc) is 2.35. The molecule has 0 spiro atoms. The maximum absolute atomic E-state index is 12.2. The lowest BCUT2D eigenvalue weighted by atomic mass is 10.0. The summed E-state index contributed by atoms with van der Waals surface area (Å²) in [6, 6.07) is 8.10. The fourth-order valence-corrected chi connectivity index (χ4v) is 3.33. The van der Waals surface area contributed by atoms with Crippen LogP contribution in [0.1, 0.15) is 18.9 Å². The van der Waals surface area contributed by atoms with Crippen LogP contribution in [0.15, 0.2) is 43.0 Å². The zero-order valence-corrected chi connectivity index (χ0v) is 11.3. The van der Waals surface area contributed by atoms with Crippen molar-refractivity contribution in [1.29, 1.82) is 0 Å². The van der Waals surface area contributed by atoms with Crippen LogP contribution in [-0.4, -0.2) is 20.3 Å². The number of halogens is 3. The average molecular weight is 292 g/mol. The van der Waals surface area contributed by atoms with E-state index in [1.807, 2.05) is 0 Å². The molecule has 0 unspecified atom stereocenters. The van der Waals surface area contributed by atoms with Crippen molar-refractivity contribution in [2.75, 3.05) is 5.75 Å². The molecule has 106 valence electrons. The van der Waals surface area contributed by atoms with E-state index in [-0.39, 0.29) is 0 Å². The van der Waals surface area contributed by atoms with Gasteiger partial charge in [-0.3, -0.25) is 0 Å². The van der Waals surface area contributed by atoms with E-state index in [1.165, 1.54) is 13.0 Å². The molecular formula is C13H15F3O2S. The Hall–Kier alpha value is -1.30. The summed E-state index contributed by atoms with van der Waals surface area (Å²) < 4.78 is 59.4. The van der Waals surface area contributed by atoms with Crippen LogP contribution >= 0.6 is 0 Å². The lowest BCUT2D eigenvalue weighted by Gasteiger charge is -2.26. The minimum atomic E-state index is -4.49. The Morgan fingerprint density at radius 2 is 1.74 bits per heavy atom. The summed E-state index contributed by atoms with van der Waals surface area (Å²) >= 11 is 0. The number of sulfone groups is 1. The number of hydrogen-bond donors (Lipinski definition) is 0. The van der Waals surface area contributed by atoms with Crippen LogP contribution in [-0.2, 0) is 14.6 Å². The first-order valence-corrected chi connectivity index (χ1v) is 7.26. The maximum atomic E-state index is 12.2. The van der Waals surface area contributed by atoms with Crippen LogP contribution in [0, 0.1) is 0 Å². The van der Waals surface area contributed by atoms with Crippen molar-refractivity contribution in [3.8, 4) is 0 Å². The number of benzene rings is 1. The SMILES string of the molecule is C=C[C@@](C)(c1ccccc1)S(=O)(=O)CCC(F)(F)F. The maximum Gasteiger partial charge on any atom is 0.390 e. The third-order valence-corrected chi connectivity index (χ3v) is 5.47. The monoisotopic (exact) mass is 292 g/mol. The summed E-state index contributed by atoms with van der Waals surface area (Å²) in [4.78, 5) is 0. The first-order valence-electron chi connectivity index (χ1n) is 5.60. The molecule has 0 aliphatic carbocycles. The highest BCUT2D eigenvalue weighted by atomic mass is 32.2. The quantitative estimate of drug-likeness (QED) is 0.779. The lowest BCUT2D eigenvalue weighted by molar-refractivity contribution is -0.130. The van der Waals surface area contributed by atoms with E-state index >= 15 is 0 Å². The van der Waals surface area contributed by atoms with Crippen molar-refractivity contribution >= 4 is 9.84 Å². The highest BCUT2D eigenvalue weighted by molar-refractivity contribution is 7.92. The number of hydrogen-bond acceptors (Lipinski definition) is 2. The second-order valence-corrected chi connectivity index (χ2v) is 6.85. The fourth-order valence-electron chi connectivity index (χ4n) is 1.66. The molecule has 1 aromatic rings. The molecule has 0 saturated carbocycles. The van der Waals surface area contributed by atoms with Crippen molar-refractivity contribution in [1.82, 2.24) is 0 Å². The first-order chi connectivity index (χ1) is 8.62. The Kier molecular flexibility index (Phi) is 4.45. The molecule has 0 N–H and O–H groups in total. The van der Waals surface area contributed by atoms with Gasteiger partial charge in [-0.05, 0) is 12.5 Å². The van der Waals surface area contributed by atoms with E-state index in [9.17, 15) is 21.6 Å². The van der Waals surface area contributed by atoms with E-state index in [1.54, 1.807) is 30.3 Å². The van der Waals surface area contributed by atoms with Crippen LogP contribution in [0.25, 0.3) is 0 Å². The van der Waals surface area contributed by atoms with E-state index in [4.69, 9.17) is 0 Å². The third-order valence-electron chi connectivity index (χ3n) is 3.04. The minimum Gasteiger partial charge on any atom is -0.228 e. The Balaban J connectivity index is 3.12. The lowest BCUT2D eigenvalue weighted by Crippen LogP contribution is -2.34. The molecule has 0 amide bonds. The topological polar surface area (TPSA) is 34.1 Å². The molecule has 0 aliphatic rings. The van der Waals surface area contributed by atoms with Crippen molar-refractivity contribution in [3.63, 3.8) is 0 Å². The first kappa shape index (κ1) is 15.8. The summed E-state index contributed by atoms with van der Waals surface area (Å²) in [7, 11) is -4.00. The van der Waals surface area contributed by atoms with E-state index in [0.717, 1.165) is 0 Å². The highest BCUT2D eigenvalue weighted by Gasteiger charge is 2.40. The van der Waals surface area contributed by atoms with Crippen LogP contribution in [0.4, 0.5) is 13.2 Å². The summed E-state index contributed by atoms with van der Waals surface area (Å²) in [5.41, 5.74) is 0.409. The molecule has 0 bridgehead atoms. The van der Waals surface area contributed by atoms with Gasteiger partial charge >= 0.3 is 6.18 Å². The van der Waals surface area contributed by atoms with Crippen molar-refractivity contribution in [2.45, 2.75) is 24.3 Å². The molecular weight excluding hydrogens is 277 g/mol. The molecule has 0 fully saturated rings. The predicted molar refractivity (Wildman–Crippen MR) is 68.4 cm³/mol. The van der Waals surface area contributed by atoms with Gasteiger partial charge < -0.3 is 0 Å². The molecule has 0 radical (unpaired) electrons. The van der Waals surface area contributed by atoms with Crippen molar-refractivity contribution < 1.29 is 21.6 Å². The molecule has 0 heterocycles. The molecule has 1 aromatic carbocycles. The number of rotatable bonds is 5. The van der Waals surface area contributed by atoms with Gasteiger partial charge in [0.05, 0.1) is 12.2 Å². The minimum absolute atomic E-state index is 0.409. The zero-order valence-electron chi connectivity index (χ0n) is 10.4. The summed E-state index contributed by atoms with van der Waals surface area (Å²) in [6.07, 6.45) is -4.68. The Labute approximate surface area is 110 Å². The molecule has 0 aromatic heterocycles. The van der Waals surface area contributed by atoms with E-state index in [2.05, 4.69) is 6.58 Å². The third kappa shape index (κ3) is 3.59. The molecule has 1 rings (SSSR count). The van der Waals surface area contributed by atoms with Gasteiger partial charge in [-0.15, -0.1) is 6.58 Å². The summed E-state index contributed by atoms with van der Waals surface area (Å²) in [5.74, 6) is -0.950. The van der Waals surface area contributed by atoms with Gasteiger partial charge in [0.1, 0.15) is 4.75 Å². The van der Waals surface area contributed by atoms with Crippen LogP contribution in [0.2, 0.25) is 0 Å². The summed E-state index contributed by atoms with van der Waals surface area (Å²) in [5, 5.41) is 0. The van der Waals surface area contributed by atoms with Crippen LogP contribution < -0.4 is 0 Å². The normalized spacial score (nSPS) is 15.8. The van der Waals surface area contributed by atoms with Crippen LogP contribution in [0.3, 0.4) is 0 Å². The zero-order chi connectivity index (χ0) is 14.7. The Morgan fingerprint density at radius 3 is 2.16 bits per heavy atom. The van der Waals surface area contributed by atoms with Gasteiger partial charge in [-0.2, -0.15) is 13.2 Å². The van der Waals surface area contributed by atoms with Gasteiger partial charge in [0.2, 0.25) is 0 Å². The standard InChI is InChI=1S/C13H15F3O2S/c1-3-12(2,11-7-5-4-6-8-11)19(17,18)10-9-13(14,15)16/h3-8H,1,9-10H2,2H3/t12-/m0/s1. The smallest absolute Gasteiger partial charge is 0.228 e. The molecule has 1 atom stereocenters. The largest absolute Gasteiger partial charge is 0.390 e. The van der Waals surface area contributed by atoms with Crippen molar-refractivity contribution in [2.24, 2.45) is 0 Å². The molecule has 2 nitrogen and oxygen atoms in total. The van der Waals surface area contributed by atoms with Crippen LogP contribution in [0.5, 0.6) is 0 Å². The van der Waals surface area contributed by atoms with Gasteiger partial charge in [0.15, 0.2) is 9.84 Å². The second kappa shape index (κ2) is 5.36. The molecule has 0 saturated heterocycles. The fraction of sp³-hybridized carbons (Fsp3) is 0.385. The Bertz CT molecular complexity index is 535. The van der Waals surface area contributed by atoms with Gasteiger partial charge in [-0.1, -0.05) is 36.4 Å². The van der Waals surface area contributed by atoms with Gasteiger partial charge in [0.25, 0.3) is 0 Å². The molecule has 6 heteroatoms. The van der Waals surface area contributed by atoms with E-state index in [0.29, 0.717) is 5.56 Å². The van der Waals surface area contributed by atoms with Gasteiger partial charge in [-0.25, -0.2) is 8.42 Å². The van der Waals surface area contributed by atoms with E-state index < -0.39 is 32.9 Å². The second-order valence-electron chi connectivity index (χ2n) is 4.36. The number of alkyl halides is 3. The summed E-state index contributed by atoms with van der Waals surface area (Å²) in [6.45, 7) is 4.82. The van der Waals surface area contributed by atoms with Gasteiger partial charge in [0, 0.05) is 0 Å². The highest BCUT2D eigenvalue weighted by Crippen LogP contribution is 2.34. The van der Waals surface area contributed by atoms with Crippen molar-refractivity contribution in [3.05, 3.63) is 48.6 Å². The molecule has 0 aliphatic heterocycles. The Morgan fingerprint density at radius 1 is 1.21 bits per heavy atom. The predicted octanol–water partition coefficient (Wildman–Crippen LogP) is 3.46. The molecule has 19 heavy (non-hydrogen) atoms.